The van der Waals surface area contributed by atoms with Gasteiger partial charge in [0.15, 0.2) is 0 Å². The van der Waals surface area contributed by atoms with Crippen molar-refractivity contribution in [3.8, 4) is 0 Å². The van der Waals surface area contributed by atoms with Crippen molar-refractivity contribution < 1.29 is 0 Å². The smallest absolute Gasteiger partial charge is 0.130 e. The Kier molecular flexibility index (Phi) is 4.04. The molecule has 0 radical (unpaired) electrons. The van der Waals surface area contributed by atoms with Gasteiger partial charge in [0.1, 0.15) is 5.82 Å². The van der Waals surface area contributed by atoms with E-state index in [1.807, 2.05) is 55.7 Å². The van der Waals surface area contributed by atoms with E-state index in [1.165, 1.54) is 5.56 Å². The molecular weight excluding hydrogens is 308 g/mol. The summed E-state index contributed by atoms with van der Waals surface area (Å²) in [6, 6.07) is 20.2. The molecule has 0 fully saturated rings. The Morgan fingerprint density at radius 3 is 2.64 bits per heavy atom. The summed E-state index contributed by atoms with van der Waals surface area (Å²) in [6.07, 6.45) is 3.80. The predicted molar refractivity (Wildman–Crippen MR) is 100 cm³/mol. The lowest BCUT2D eigenvalue weighted by Gasteiger charge is -2.17. The number of fused-ring (bicyclic) bond motifs is 1. The van der Waals surface area contributed by atoms with Gasteiger partial charge in [-0.2, -0.15) is 0 Å². The number of nitrogens with zero attached hydrogens (tertiary/aromatic N) is 3. The van der Waals surface area contributed by atoms with Crippen molar-refractivity contribution in [1.29, 1.82) is 0 Å². The minimum Gasteiger partial charge on any atom is -0.329 e. The predicted octanol–water partition coefficient (Wildman–Crippen LogP) is 3.84. The largest absolute Gasteiger partial charge is 0.329 e. The molecule has 4 heteroatoms. The highest BCUT2D eigenvalue weighted by atomic mass is 15.1. The molecule has 2 heterocycles. The van der Waals surface area contributed by atoms with E-state index in [1.54, 1.807) is 0 Å². The Bertz CT molecular complexity index is 1000. The summed E-state index contributed by atoms with van der Waals surface area (Å²) in [5, 5.41) is 1.08. The van der Waals surface area contributed by atoms with Gasteiger partial charge in [0.25, 0.3) is 0 Å². The summed E-state index contributed by atoms with van der Waals surface area (Å²) in [5.41, 5.74) is 10.9. The van der Waals surface area contributed by atoms with Crippen molar-refractivity contribution in [2.45, 2.75) is 19.5 Å². The second kappa shape index (κ2) is 6.49. The van der Waals surface area contributed by atoms with E-state index >= 15 is 0 Å². The maximum Gasteiger partial charge on any atom is 0.130 e. The van der Waals surface area contributed by atoms with Gasteiger partial charge >= 0.3 is 0 Å². The molecule has 0 aliphatic carbocycles. The fraction of sp³-hybridized carbons (Fsp3) is 0.143. The van der Waals surface area contributed by atoms with Crippen molar-refractivity contribution in [2.24, 2.45) is 5.73 Å². The number of rotatable bonds is 4. The van der Waals surface area contributed by atoms with E-state index in [2.05, 4.69) is 38.8 Å². The van der Waals surface area contributed by atoms with Crippen LogP contribution in [0.25, 0.3) is 10.9 Å². The lowest BCUT2D eigenvalue weighted by molar-refractivity contribution is 0.676. The maximum atomic E-state index is 6.64. The van der Waals surface area contributed by atoms with Crippen molar-refractivity contribution >= 4 is 10.9 Å². The molecule has 0 spiro atoms. The third-order valence-electron chi connectivity index (χ3n) is 4.43. The minimum atomic E-state index is -0.301. The number of nitrogens with two attached hydrogens (primary N) is 1. The van der Waals surface area contributed by atoms with Crippen molar-refractivity contribution in [3.05, 3.63) is 95.7 Å². The minimum absolute atomic E-state index is 0.301. The van der Waals surface area contributed by atoms with Crippen LogP contribution < -0.4 is 5.73 Å². The zero-order valence-electron chi connectivity index (χ0n) is 14.1. The van der Waals surface area contributed by atoms with Crippen molar-refractivity contribution in [2.75, 3.05) is 0 Å². The van der Waals surface area contributed by atoms with Gasteiger partial charge in [-0.1, -0.05) is 48.5 Å². The normalized spacial score (nSPS) is 12.4. The van der Waals surface area contributed by atoms with Crippen LogP contribution in [-0.2, 0) is 6.54 Å². The quantitative estimate of drug-likeness (QED) is 0.619. The molecule has 0 aliphatic heterocycles. The van der Waals surface area contributed by atoms with Crippen LogP contribution in [0.5, 0.6) is 0 Å². The molecule has 25 heavy (non-hydrogen) atoms. The lowest BCUT2D eigenvalue weighted by Crippen LogP contribution is -2.19. The van der Waals surface area contributed by atoms with Gasteiger partial charge in [0.05, 0.1) is 11.6 Å². The van der Waals surface area contributed by atoms with Crippen molar-refractivity contribution in [1.82, 2.24) is 14.5 Å². The van der Waals surface area contributed by atoms with E-state index in [0.717, 1.165) is 34.5 Å². The van der Waals surface area contributed by atoms with Gasteiger partial charge < -0.3 is 10.3 Å². The fourth-order valence-corrected chi connectivity index (χ4v) is 3.25. The summed E-state index contributed by atoms with van der Waals surface area (Å²) in [4.78, 5) is 9.15. The van der Waals surface area contributed by atoms with Gasteiger partial charge in [-0.25, -0.2) is 4.98 Å². The Morgan fingerprint density at radius 2 is 1.80 bits per heavy atom. The molecule has 1 unspecified atom stereocenters. The van der Waals surface area contributed by atoms with Crippen LogP contribution >= 0.6 is 0 Å². The Morgan fingerprint density at radius 1 is 1.04 bits per heavy atom. The molecule has 4 aromatic rings. The summed E-state index contributed by atoms with van der Waals surface area (Å²) < 4.78 is 2.12. The monoisotopic (exact) mass is 328 g/mol. The van der Waals surface area contributed by atoms with Crippen LogP contribution in [0.1, 0.15) is 28.7 Å². The van der Waals surface area contributed by atoms with Crippen LogP contribution in [0.2, 0.25) is 0 Å². The van der Waals surface area contributed by atoms with Crippen molar-refractivity contribution in [3.63, 3.8) is 0 Å². The first-order valence-electron chi connectivity index (χ1n) is 8.39. The average Bonchev–Trinajstić information content (AvgIpc) is 3.09. The van der Waals surface area contributed by atoms with Crippen LogP contribution in [-0.4, -0.2) is 14.5 Å². The number of para-hydroxylation sites is 1. The van der Waals surface area contributed by atoms with Gasteiger partial charge in [0, 0.05) is 30.0 Å². The molecule has 2 aromatic carbocycles. The third-order valence-corrected chi connectivity index (χ3v) is 4.43. The molecule has 2 aromatic heterocycles. The van der Waals surface area contributed by atoms with E-state index in [9.17, 15) is 0 Å². The number of aryl methyl sites for hydroxylation is 1. The Labute approximate surface area is 147 Å². The van der Waals surface area contributed by atoms with E-state index < -0.39 is 0 Å². The average molecular weight is 328 g/mol. The molecule has 124 valence electrons. The molecule has 0 bridgehead atoms. The van der Waals surface area contributed by atoms with Gasteiger partial charge in [0.2, 0.25) is 0 Å². The van der Waals surface area contributed by atoms with Crippen LogP contribution in [0, 0.1) is 6.92 Å². The van der Waals surface area contributed by atoms with E-state index in [0.29, 0.717) is 0 Å². The second-order valence-corrected chi connectivity index (χ2v) is 6.25. The topological polar surface area (TPSA) is 56.7 Å². The highest BCUT2D eigenvalue weighted by Crippen LogP contribution is 2.27. The number of imidazole rings is 1. The molecule has 4 rings (SSSR count). The summed E-state index contributed by atoms with van der Waals surface area (Å²) >= 11 is 0. The second-order valence-electron chi connectivity index (χ2n) is 6.25. The van der Waals surface area contributed by atoms with Crippen LogP contribution in [0.15, 0.2) is 73.1 Å². The molecule has 0 aliphatic rings. The molecule has 2 N–H and O–H groups in total. The zero-order chi connectivity index (χ0) is 17.2. The molecule has 1 atom stereocenters. The highest BCUT2D eigenvalue weighted by Gasteiger charge is 2.18. The Balaban J connectivity index is 1.76. The maximum absolute atomic E-state index is 6.64. The number of pyridine rings is 1. The molecule has 0 amide bonds. The fourth-order valence-electron chi connectivity index (χ4n) is 3.25. The van der Waals surface area contributed by atoms with Gasteiger partial charge in [-0.05, 0) is 30.2 Å². The van der Waals surface area contributed by atoms with E-state index in [-0.39, 0.29) is 6.04 Å². The number of hydrogen-bond acceptors (Lipinski definition) is 3. The molecule has 4 nitrogen and oxygen atoms in total. The standard InChI is InChI=1S/C21H20N4/c1-15-13-18(17-9-5-6-10-19(17)24-15)20(22)21-23-11-12-25(21)14-16-7-3-2-4-8-16/h2-13,20H,14,22H2,1H3. The summed E-state index contributed by atoms with van der Waals surface area (Å²) in [7, 11) is 0. The molecule has 0 saturated heterocycles. The Hall–Kier alpha value is -2.98. The third kappa shape index (κ3) is 3.04. The number of aromatic nitrogens is 3. The summed E-state index contributed by atoms with van der Waals surface area (Å²) in [5.74, 6) is 0.861. The first kappa shape index (κ1) is 15.5. The van der Waals surface area contributed by atoms with Gasteiger partial charge in [-0.15, -0.1) is 0 Å². The van der Waals surface area contributed by atoms with Crippen LogP contribution in [0.3, 0.4) is 0 Å². The molecular formula is C21H20N4. The van der Waals surface area contributed by atoms with Gasteiger partial charge in [-0.3, -0.25) is 4.98 Å². The summed E-state index contributed by atoms with van der Waals surface area (Å²) in [6.45, 7) is 2.75. The SMILES string of the molecule is Cc1cc(C(N)c2nccn2Cc2ccccc2)c2ccccc2n1. The molecule has 0 saturated carbocycles. The number of benzene rings is 2. The van der Waals surface area contributed by atoms with Crippen LogP contribution in [0.4, 0.5) is 0 Å². The number of hydrogen-bond donors (Lipinski definition) is 1. The zero-order valence-corrected chi connectivity index (χ0v) is 14.1. The highest BCUT2D eigenvalue weighted by molar-refractivity contribution is 5.83. The first-order valence-corrected chi connectivity index (χ1v) is 8.39. The lowest BCUT2D eigenvalue weighted by atomic mass is 10.0. The first-order chi connectivity index (χ1) is 12.2. The van der Waals surface area contributed by atoms with E-state index in [4.69, 9.17) is 5.73 Å².